The van der Waals surface area contributed by atoms with E-state index in [2.05, 4.69) is 12.2 Å². The third-order valence-electron chi connectivity index (χ3n) is 2.22. The highest BCUT2D eigenvalue weighted by Gasteiger charge is 1.98. The summed E-state index contributed by atoms with van der Waals surface area (Å²) in [6.45, 7) is 4.43. The van der Waals surface area contributed by atoms with Crippen molar-refractivity contribution in [2.45, 2.75) is 19.8 Å². The monoisotopic (exact) mass is 242 g/mol. The Kier molecular flexibility index (Phi) is 6.04. The Morgan fingerprint density at radius 3 is 2.88 bits per heavy atom. The molecule has 3 nitrogen and oxygen atoms in total. The Bertz CT molecular complexity index is 318. The number of unbranched alkanes of at least 4 members (excludes halogenated alkanes) is 1. The van der Waals surface area contributed by atoms with E-state index in [4.69, 9.17) is 22.1 Å². The van der Waals surface area contributed by atoms with E-state index in [0.717, 1.165) is 31.7 Å². The predicted octanol–water partition coefficient (Wildman–Crippen LogP) is 3.15. The topological polar surface area (TPSA) is 47.3 Å². The maximum atomic E-state index is 5.80. The fourth-order valence-corrected chi connectivity index (χ4v) is 1.48. The van der Waals surface area contributed by atoms with E-state index in [-0.39, 0.29) is 0 Å². The van der Waals surface area contributed by atoms with Crippen LogP contribution >= 0.6 is 11.6 Å². The van der Waals surface area contributed by atoms with Crippen LogP contribution in [0.15, 0.2) is 18.2 Å². The van der Waals surface area contributed by atoms with Gasteiger partial charge in [0.1, 0.15) is 0 Å². The van der Waals surface area contributed by atoms with Gasteiger partial charge in [0.25, 0.3) is 0 Å². The second kappa shape index (κ2) is 7.36. The third kappa shape index (κ3) is 4.73. The van der Waals surface area contributed by atoms with Gasteiger partial charge in [-0.3, -0.25) is 0 Å². The van der Waals surface area contributed by atoms with Crippen molar-refractivity contribution in [1.29, 1.82) is 0 Å². The van der Waals surface area contributed by atoms with Crippen molar-refractivity contribution in [3.8, 4) is 0 Å². The fraction of sp³-hybridized carbons (Fsp3) is 0.500. The van der Waals surface area contributed by atoms with Gasteiger partial charge < -0.3 is 15.8 Å². The summed E-state index contributed by atoms with van der Waals surface area (Å²) < 4.78 is 5.43. The lowest BCUT2D eigenvalue weighted by Gasteiger charge is -2.09. The Labute approximate surface area is 102 Å². The zero-order valence-electron chi connectivity index (χ0n) is 9.63. The molecule has 1 aromatic carbocycles. The number of ether oxygens (including phenoxy) is 1. The van der Waals surface area contributed by atoms with Crippen LogP contribution in [0, 0.1) is 0 Å². The van der Waals surface area contributed by atoms with Crippen LogP contribution < -0.4 is 11.1 Å². The predicted molar refractivity (Wildman–Crippen MR) is 70.1 cm³/mol. The van der Waals surface area contributed by atoms with Crippen LogP contribution in [0.3, 0.4) is 0 Å². The van der Waals surface area contributed by atoms with Gasteiger partial charge in [-0.15, -0.1) is 0 Å². The molecule has 0 heterocycles. The molecule has 4 heteroatoms. The number of hydrogen-bond acceptors (Lipinski definition) is 3. The number of rotatable bonds is 7. The summed E-state index contributed by atoms with van der Waals surface area (Å²) in [5, 5.41) is 3.86. The first-order valence-corrected chi connectivity index (χ1v) is 5.98. The average molecular weight is 243 g/mol. The smallest absolute Gasteiger partial charge is 0.0639 e. The minimum atomic E-state index is 0.655. The van der Waals surface area contributed by atoms with E-state index < -0.39 is 0 Å². The molecule has 90 valence electrons. The van der Waals surface area contributed by atoms with E-state index >= 15 is 0 Å². The number of hydrogen-bond donors (Lipinski definition) is 2. The second-order valence-electron chi connectivity index (χ2n) is 3.62. The molecule has 0 aliphatic carbocycles. The summed E-state index contributed by atoms with van der Waals surface area (Å²) in [4.78, 5) is 0. The molecule has 0 aromatic heterocycles. The van der Waals surface area contributed by atoms with E-state index in [0.29, 0.717) is 17.3 Å². The van der Waals surface area contributed by atoms with E-state index in [1.54, 1.807) is 6.07 Å². The number of benzene rings is 1. The quantitative estimate of drug-likeness (QED) is 0.570. The van der Waals surface area contributed by atoms with E-state index in [1.165, 1.54) is 0 Å². The lowest BCUT2D eigenvalue weighted by molar-refractivity contribution is 0.141. The standard InChI is InChI=1S/C12H19ClN2O/c1-2-3-7-16-8-6-15-12-5-4-10(13)9-11(12)14/h4-5,9,15H,2-3,6-8,14H2,1H3. The summed E-state index contributed by atoms with van der Waals surface area (Å²) in [5.41, 5.74) is 7.37. The average Bonchev–Trinajstić information content (AvgIpc) is 2.26. The fourth-order valence-electron chi connectivity index (χ4n) is 1.30. The van der Waals surface area contributed by atoms with Gasteiger partial charge in [-0.25, -0.2) is 0 Å². The first-order valence-electron chi connectivity index (χ1n) is 5.60. The molecule has 0 aliphatic rings. The van der Waals surface area contributed by atoms with Gasteiger partial charge in [0, 0.05) is 18.2 Å². The molecule has 16 heavy (non-hydrogen) atoms. The van der Waals surface area contributed by atoms with Crippen LogP contribution in [0.4, 0.5) is 11.4 Å². The first kappa shape index (κ1) is 13.1. The van der Waals surface area contributed by atoms with Crippen molar-refractivity contribution in [2.24, 2.45) is 0 Å². The van der Waals surface area contributed by atoms with Crippen LogP contribution in [0.5, 0.6) is 0 Å². The minimum Gasteiger partial charge on any atom is -0.397 e. The molecule has 1 rings (SSSR count). The van der Waals surface area contributed by atoms with Crippen molar-refractivity contribution < 1.29 is 4.74 Å². The van der Waals surface area contributed by atoms with Crippen LogP contribution in [-0.4, -0.2) is 19.8 Å². The third-order valence-corrected chi connectivity index (χ3v) is 2.45. The number of halogens is 1. The highest BCUT2D eigenvalue weighted by atomic mass is 35.5. The Morgan fingerprint density at radius 2 is 2.19 bits per heavy atom. The van der Waals surface area contributed by atoms with E-state index in [9.17, 15) is 0 Å². The summed E-state index contributed by atoms with van der Waals surface area (Å²) in [7, 11) is 0. The molecule has 3 N–H and O–H groups in total. The van der Waals surface area contributed by atoms with Gasteiger partial charge in [-0.1, -0.05) is 24.9 Å². The van der Waals surface area contributed by atoms with Gasteiger partial charge in [-0.05, 0) is 24.6 Å². The summed E-state index contributed by atoms with van der Waals surface area (Å²) in [6.07, 6.45) is 2.28. The number of anilines is 2. The van der Waals surface area contributed by atoms with Gasteiger partial charge in [0.05, 0.1) is 18.0 Å². The van der Waals surface area contributed by atoms with Crippen molar-refractivity contribution in [1.82, 2.24) is 0 Å². The molecule has 0 spiro atoms. The molecule has 0 saturated heterocycles. The van der Waals surface area contributed by atoms with Crippen LogP contribution in [0.1, 0.15) is 19.8 Å². The largest absolute Gasteiger partial charge is 0.397 e. The van der Waals surface area contributed by atoms with Gasteiger partial charge >= 0.3 is 0 Å². The maximum absolute atomic E-state index is 5.80. The molecular formula is C12H19ClN2O. The molecule has 0 radical (unpaired) electrons. The van der Waals surface area contributed by atoms with Gasteiger partial charge in [0.2, 0.25) is 0 Å². The Hall–Kier alpha value is -0.930. The van der Waals surface area contributed by atoms with Crippen LogP contribution in [0.25, 0.3) is 0 Å². The number of nitrogen functional groups attached to an aromatic ring is 1. The molecule has 0 amide bonds. The second-order valence-corrected chi connectivity index (χ2v) is 4.06. The summed E-state index contributed by atoms with van der Waals surface area (Å²) in [5.74, 6) is 0. The molecular weight excluding hydrogens is 224 g/mol. The van der Waals surface area contributed by atoms with Gasteiger partial charge in [0.15, 0.2) is 0 Å². The zero-order valence-corrected chi connectivity index (χ0v) is 10.4. The van der Waals surface area contributed by atoms with Crippen molar-refractivity contribution >= 4 is 23.0 Å². The summed E-state index contributed by atoms with van der Waals surface area (Å²) in [6, 6.07) is 5.43. The molecule has 0 aliphatic heterocycles. The molecule has 1 aromatic rings. The SMILES string of the molecule is CCCCOCCNc1ccc(Cl)cc1N. The van der Waals surface area contributed by atoms with Crippen molar-refractivity contribution in [2.75, 3.05) is 30.8 Å². The lowest BCUT2D eigenvalue weighted by atomic mass is 10.2. The highest BCUT2D eigenvalue weighted by Crippen LogP contribution is 2.22. The minimum absolute atomic E-state index is 0.655. The number of nitrogens with one attached hydrogen (secondary N) is 1. The molecule has 0 bridgehead atoms. The molecule has 0 unspecified atom stereocenters. The van der Waals surface area contributed by atoms with Crippen molar-refractivity contribution in [3.63, 3.8) is 0 Å². The molecule has 0 atom stereocenters. The van der Waals surface area contributed by atoms with Crippen LogP contribution in [-0.2, 0) is 4.74 Å². The van der Waals surface area contributed by atoms with Crippen molar-refractivity contribution in [3.05, 3.63) is 23.2 Å². The Balaban J connectivity index is 2.21. The highest BCUT2D eigenvalue weighted by molar-refractivity contribution is 6.31. The van der Waals surface area contributed by atoms with Crippen LogP contribution in [0.2, 0.25) is 5.02 Å². The lowest BCUT2D eigenvalue weighted by Crippen LogP contribution is -2.11. The zero-order chi connectivity index (χ0) is 11.8. The summed E-state index contributed by atoms with van der Waals surface area (Å²) >= 11 is 5.80. The maximum Gasteiger partial charge on any atom is 0.0639 e. The van der Waals surface area contributed by atoms with E-state index in [1.807, 2.05) is 12.1 Å². The molecule has 0 fully saturated rings. The van der Waals surface area contributed by atoms with Gasteiger partial charge in [-0.2, -0.15) is 0 Å². The Morgan fingerprint density at radius 1 is 1.38 bits per heavy atom. The molecule has 0 saturated carbocycles. The number of nitrogens with two attached hydrogens (primary N) is 1. The normalized spacial score (nSPS) is 10.4. The first-order chi connectivity index (χ1) is 7.74.